The third-order valence-corrected chi connectivity index (χ3v) is 5.22. The first kappa shape index (κ1) is 21.4. The van der Waals surface area contributed by atoms with E-state index in [4.69, 9.17) is 9.15 Å². The van der Waals surface area contributed by atoms with Gasteiger partial charge in [0.2, 0.25) is 0 Å². The third-order valence-electron chi connectivity index (χ3n) is 5.22. The zero-order chi connectivity index (χ0) is 22.3. The molecule has 0 fully saturated rings. The average Bonchev–Trinajstić information content (AvgIpc) is 3.52. The van der Waals surface area contributed by atoms with Gasteiger partial charge in [0.25, 0.3) is 5.91 Å². The molecule has 0 bridgehead atoms. The number of nitrogens with one attached hydrogen (secondary N) is 1. The molecule has 164 valence electrons. The number of amides is 1. The van der Waals surface area contributed by atoms with Crippen LogP contribution in [0.15, 0.2) is 83.6 Å². The number of nitrogens with zero attached hydrogens (tertiary/aromatic N) is 2. The summed E-state index contributed by atoms with van der Waals surface area (Å²) in [7, 11) is 1.61. The molecule has 4 aromatic rings. The first-order chi connectivity index (χ1) is 15.7. The molecule has 2 heterocycles. The molecule has 0 aliphatic carbocycles. The Morgan fingerprint density at radius 2 is 1.91 bits per heavy atom. The molecule has 0 aliphatic heterocycles. The Bertz CT molecular complexity index is 1140. The highest BCUT2D eigenvalue weighted by atomic mass is 16.5. The van der Waals surface area contributed by atoms with E-state index in [1.54, 1.807) is 30.3 Å². The maximum atomic E-state index is 13.1. The molecule has 0 spiro atoms. The van der Waals surface area contributed by atoms with Crippen molar-refractivity contribution in [1.82, 2.24) is 15.1 Å². The van der Waals surface area contributed by atoms with Gasteiger partial charge in [-0.2, -0.15) is 5.10 Å². The van der Waals surface area contributed by atoms with Gasteiger partial charge in [0.15, 0.2) is 0 Å². The standard InChI is InChI=1S/C25H25N3O4/c1-31-21-11-9-19(10-12-21)24-23(16-28(27-24)20-6-3-2-4-7-20)25(30)26-15-18(17-29)14-22-8-5-13-32-22/h2-13,16,18,29H,14-15,17H2,1H3,(H,26,30). The third kappa shape index (κ3) is 4.90. The molecule has 0 saturated heterocycles. The molecule has 32 heavy (non-hydrogen) atoms. The van der Waals surface area contributed by atoms with Gasteiger partial charge in [0.1, 0.15) is 17.2 Å². The topological polar surface area (TPSA) is 89.5 Å². The Labute approximate surface area is 186 Å². The minimum absolute atomic E-state index is 0.0599. The lowest BCUT2D eigenvalue weighted by Gasteiger charge is -2.13. The van der Waals surface area contributed by atoms with E-state index in [-0.39, 0.29) is 18.4 Å². The Morgan fingerprint density at radius 1 is 1.12 bits per heavy atom. The maximum Gasteiger partial charge on any atom is 0.255 e. The van der Waals surface area contributed by atoms with E-state index in [9.17, 15) is 9.90 Å². The zero-order valence-corrected chi connectivity index (χ0v) is 17.8. The van der Waals surface area contributed by atoms with E-state index in [1.807, 2.05) is 60.7 Å². The second kappa shape index (κ2) is 9.98. The molecule has 2 aromatic heterocycles. The second-order valence-corrected chi connectivity index (χ2v) is 7.44. The van der Waals surface area contributed by atoms with Crippen LogP contribution in [0.3, 0.4) is 0 Å². The lowest BCUT2D eigenvalue weighted by atomic mass is 10.0. The van der Waals surface area contributed by atoms with E-state index < -0.39 is 0 Å². The molecule has 7 heteroatoms. The quantitative estimate of drug-likeness (QED) is 0.422. The van der Waals surface area contributed by atoms with Crippen molar-refractivity contribution in [2.45, 2.75) is 6.42 Å². The minimum Gasteiger partial charge on any atom is -0.497 e. The summed E-state index contributed by atoms with van der Waals surface area (Å²) in [5.74, 6) is 1.09. The molecule has 7 nitrogen and oxygen atoms in total. The highest BCUT2D eigenvalue weighted by Crippen LogP contribution is 2.26. The number of benzene rings is 2. The van der Waals surface area contributed by atoms with Gasteiger partial charge < -0.3 is 19.6 Å². The predicted molar refractivity (Wildman–Crippen MR) is 121 cm³/mol. The number of carbonyl (C=O) groups excluding carboxylic acids is 1. The fourth-order valence-corrected chi connectivity index (χ4v) is 3.46. The molecule has 0 radical (unpaired) electrons. The number of furan rings is 1. The van der Waals surface area contributed by atoms with Crippen LogP contribution >= 0.6 is 0 Å². The Balaban J connectivity index is 1.59. The van der Waals surface area contributed by atoms with Crippen molar-refractivity contribution in [3.8, 4) is 22.7 Å². The molecule has 2 N–H and O–H groups in total. The highest BCUT2D eigenvalue weighted by molar-refractivity contribution is 6.00. The van der Waals surface area contributed by atoms with Crippen LogP contribution in [0.1, 0.15) is 16.1 Å². The fraction of sp³-hybridized carbons (Fsp3) is 0.200. The van der Waals surface area contributed by atoms with Crippen LogP contribution in [0.4, 0.5) is 0 Å². The van der Waals surface area contributed by atoms with Crippen molar-refractivity contribution in [2.75, 3.05) is 20.3 Å². The van der Waals surface area contributed by atoms with Gasteiger partial charge in [-0.3, -0.25) is 4.79 Å². The largest absolute Gasteiger partial charge is 0.497 e. The number of aliphatic hydroxyl groups excluding tert-OH is 1. The van der Waals surface area contributed by atoms with Gasteiger partial charge in [-0.05, 0) is 48.5 Å². The molecular weight excluding hydrogens is 406 g/mol. The number of carbonyl (C=O) groups is 1. The van der Waals surface area contributed by atoms with E-state index >= 15 is 0 Å². The summed E-state index contributed by atoms with van der Waals surface area (Å²) < 4.78 is 12.3. The number of aliphatic hydroxyl groups is 1. The first-order valence-electron chi connectivity index (χ1n) is 10.4. The SMILES string of the molecule is COc1ccc(-c2nn(-c3ccccc3)cc2C(=O)NCC(CO)Cc2ccco2)cc1. The number of ether oxygens (including phenoxy) is 1. The molecular formula is C25H25N3O4. The van der Waals surface area contributed by atoms with Crippen molar-refractivity contribution >= 4 is 5.91 Å². The smallest absolute Gasteiger partial charge is 0.255 e. The molecule has 1 amide bonds. The lowest BCUT2D eigenvalue weighted by molar-refractivity contribution is 0.0939. The van der Waals surface area contributed by atoms with E-state index in [1.165, 1.54) is 0 Å². The Hall–Kier alpha value is -3.84. The molecule has 0 saturated carbocycles. The Morgan fingerprint density at radius 3 is 2.56 bits per heavy atom. The molecule has 0 aliphatic rings. The number of aromatic nitrogens is 2. The van der Waals surface area contributed by atoms with Gasteiger partial charge in [0.05, 0.1) is 24.6 Å². The van der Waals surface area contributed by atoms with Crippen molar-refractivity contribution in [3.05, 3.63) is 90.5 Å². The molecule has 2 aromatic carbocycles. The Kier molecular flexibility index (Phi) is 6.67. The summed E-state index contributed by atoms with van der Waals surface area (Å²) in [6.07, 6.45) is 3.87. The fourth-order valence-electron chi connectivity index (χ4n) is 3.46. The summed E-state index contributed by atoms with van der Waals surface area (Å²) in [6, 6.07) is 20.7. The summed E-state index contributed by atoms with van der Waals surface area (Å²) in [6.45, 7) is 0.254. The van der Waals surface area contributed by atoms with Crippen molar-refractivity contribution in [3.63, 3.8) is 0 Å². The van der Waals surface area contributed by atoms with Gasteiger partial charge in [-0.15, -0.1) is 0 Å². The van der Waals surface area contributed by atoms with Crippen LogP contribution in [-0.2, 0) is 6.42 Å². The van der Waals surface area contributed by atoms with Crippen LogP contribution in [0.2, 0.25) is 0 Å². The number of methoxy groups -OCH3 is 1. The summed E-state index contributed by atoms with van der Waals surface area (Å²) in [5, 5.41) is 17.3. The van der Waals surface area contributed by atoms with Gasteiger partial charge in [0, 0.05) is 37.3 Å². The number of para-hydroxylation sites is 1. The van der Waals surface area contributed by atoms with E-state index in [2.05, 4.69) is 10.4 Å². The van der Waals surface area contributed by atoms with Crippen LogP contribution < -0.4 is 10.1 Å². The van der Waals surface area contributed by atoms with Crippen LogP contribution in [-0.4, -0.2) is 41.1 Å². The molecule has 1 atom stereocenters. The van der Waals surface area contributed by atoms with Gasteiger partial charge in [-0.1, -0.05) is 18.2 Å². The van der Waals surface area contributed by atoms with Gasteiger partial charge >= 0.3 is 0 Å². The summed E-state index contributed by atoms with van der Waals surface area (Å²) in [5.41, 5.74) is 2.68. The van der Waals surface area contributed by atoms with Crippen molar-refractivity contribution < 1.29 is 19.1 Å². The molecule has 1 unspecified atom stereocenters. The normalized spacial score (nSPS) is 11.8. The number of hydrogen-bond donors (Lipinski definition) is 2. The summed E-state index contributed by atoms with van der Waals surface area (Å²) >= 11 is 0. The predicted octanol–water partition coefficient (Wildman–Crippen LogP) is 3.72. The zero-order valence-electron chi connectivity index (χ0n) is 17.8. The second-order valence-electron chi connectivity index (χ2n) is 7.44. The van der Waals surface area contributed by atoms with E-state index in [0.717, 1.165) is 22.8 Å². The van der Waals surface area contributed by atoms with Crippen LogP contribution in [0.5, 0.6) is 5.75 Å². The summed E-state index contributed by atoms with van der Waals surface area (Å²) in [4.78, 5) is 13.1. The minimum atomic E-state index is -0.254. The van der Waals surface area contributed by atoms with Crippen LogP contribution in [0, 0.1) is 5.92 Å². The first-order valence-corrected chi connectivity index (χ1v) is 10.4. The highest BCUT2D eigenvalue weighted by Gasteiger charge is 2.20. The number of hydrogen-bond acceptors (Lipinski definition) is 5. The monoisotopic (exact) mass is 431 g/mol. The van der Waals surface area contributed by atoms with Crippen molar-refractivity contribution in [2.24, 2.45) is 5.92 Å². The van der Waals surface area contributed by atoms with E-state index in [0.29, 0.717) is 24.2 Å². The van der Waals surface area contributed by atoms with Gasteiger partial charge in [-0.25, -0.2) is 4.68 Å². The maximum absolute atomic E-state index is 13.1. The number of rotatable bonds is 9. The molecule has 4 rings (SSSR count). The van der Waals surface area contributed by atoms with Crippen molar-refractivity contribution in [1.29, 1.82) is 0 Å². The lowest BCUT2D eigenvalue weighted by Crippen LogP contribution is -2.31. The van der Waals surface area contributed by atoms with Crippen LogP contribution in [0.25, 0.3) is 16.9 Å². The average molecular weight is 431 g/mol.